The molecular weight excluding hydrogens is 220 g/mol. The predicted octanol–water partition coefficient (Wildman–Crippen LogP) is -0.0456. The van der Waals surface area contributed by atoms with Crippen molar-refractivity contribution in [2.45, 2.75) is 25.4 Å². The lowest BCUT2D eigenvalue weighted by Crippen LogP contribution is -2.56. The van der Waals surface area contributed by atoms with E-state index in [4.69, 9.17) is 9.47 Å². The standard InChI is InChI=1S/C12H22N2O3/c1-10-9-14(11-3-7-17-12(11)15)5-4-13(10)6-8-16-2/h10-11H,3-9H2,1-2H3/t10-,11-/m1/s1. The van der Waals surface area contributed by atoms with E-state index in [1.165, 1.54) is 0 Å². The number of rotatable bonds is 4. The van der Waals surface area contributed by atoms with E-state index in [1.807, 2.05) is 0 Å². The van der Waals surface area contributed by atoms with Gasteiger partial charge in [-0.25, -0.2) is 0 Å². The van der Waals surface area contributed by atoms with Gasteiger partial charge in [0, 0.05) is 45.8 Å². The van der Waals surface area contributed by atoms with Gasteiger partial charge in [0.2, 0.25) is 0 Å². The lowest BCUT2D eigenvalue weighted by Gasteiger charge is -2.41. The quantitative estimate of drug-likeness (QED) is 0.647. The number of hydrogen-bond donors (Lipinski definition) is 0. The molecule has 0 spiro atoms. The maximum absolute atomic E-state index is 11.5. The van der Waals surface area contributed by atoms with Crippen LogP contribution in [0.15, 0.2) is 0 Å². The Bertz CT molecular complexity index is 272. The summed E-state index contributed by atoms with van der Waals surface area (Å²) in [4.78, 5) is 16.2. The molecule has 0 aromatic rings. The Labute approximate surface area is 103 Å². The van der Waals surface area contributed by atoms with Gasteiger partial charge in [-0.05, 0) is 6.92 Å². The van der Waals surface area contributed by atoms with Crippen LogP contribution in [0.5, 0.6) is 0 Å². The first-order valence-corrected chi connectivity index (χ1v) is 6.36. The van der Waals surface area contributed by atoms with Crippen LogP contribution < -0.4 is 0 Å². The number of methoxy groups -OCH3 is 1. The molecule has 2 aliphatic heterocycles. The van der Waals surface area contributed by atoms with E-state index in [9.17, 15) is 4.79 Å². The average molecular weight is 242 g/mol. The lowest BCUT2D eigenvalue weighted by molar-refractivity contribution is -0.143. The summed E-state index contributed by atoms with van der Waals surface area (Å²) in [7, 11) is 1.73. The van der Waals surface area contributed by atoms with E-state index < -0.39 is 0 Å². The molecule has 0 aromatic heterocycles. The Morgan fingerprint density at radius 2 is 2.29 bits per heavy atom. The van der Waals surface area contributed by atoms with E-state index >= 15 is 0 Å². The zero-order valence-corrected chi connectivity index (χ0v) is 10.7. The van der Waals surface area contributed by atoms with Crippen molar-refractivity contribution in [1.29, 1.82) is 0 Å². The van der Waals surface area contributed by atoms with Crippen LogP contribution in [-0.2, 0) is 14.3 Å². The van der Waals surface area contributed by atoms with E-state index in [2.05, 4.69) is 16.7 Å². The fourth-order valence-corrected chi connectivity index (χ4v) is 2.66. The molecule has 0 aromatic carbocycles. The van der Waals surface area contributed by atoms with E-state index in [0.29, 0.717) is 12.6 Å². The number of piperazine rings is 1. The van der Waals surface area contributed by atoms with Crippen LogP contribution in [0, 0.1) is 0 Å². The molecule has 5 nitrogen and oxygen atoms in total. The van der Waals surface area contributed by atoms with Crippen molar-refractivity contribution < 1.29 is 14.3 Å². The Morgan fingerprint density at radius 3 is 2.88 bits per heavy atom. The fourth-order valence-electron chi connectivity index (χ4n) is 2.66. The summed E-state index contributed by atoms with van der Waals surface area (Å²) in [5, 5.41) is 0. The van der Waals surface area contributed by atoms with Gasteiger partial charge in [0.1, 0.15) is 6.04 Å². The van der Waals surface area contributed by atoms with Crippen LogP contribution in [0.2, 0.25) is 0 Å². The highest BCUT2D eigenvalue weighted by molar-refractivity contribution is 5.77. The Hall–Kier alpha value is -0.650. The van der Waals surface area contributed by atoms with Gasteiger partial charge in [-0.1, -0.05) is 0 Å². The Balaban J connectivity index is 1.84. The molecule has 2 heterocycles. The minimum absolute atomic E-state index is 0.00188. The molecule has 98 valence electrons. The number of carbonyl (C=O) groups excluding carboxylic acids is 1. The summed E-state index contributed by atoms with van der Waals surface area (Å²) in [6, 6.07) is 0.481. The first kappa shape index (κ1) is 12.8. The molecule has 0 N–H and O–H groups in total. The third-order valence-electron chi connectivity index (χ3n) is 3.73. The van der Waals surface area contributed by atoms with Gasteiger partial charge in [0.05, 0.1) is 13.2 Å². The van der Waals surface area contributed by atoms with Gasteiger partial charge in [-0.2, -0.15) is 0 Å². The average Bonchev–Trinajstić information content (AvgIpc) is 2.74. The number of hydrogen-bond acceptors (Lipinski definition) is 5. The third kappa shape index (κ3) is 2.97. The van der Waals surface area contributed by atoms with Gasteiger partial charge < -0.3 is 9.47 Å². The molecule has 0 radical (unpaired) electrons. The molecule has 5 heteroatoms. The summed E-state index contributed by atoms with van der Waals surface area (Å²) >= 11 is 0. The van der Waals surface area contributed by atoms with Crippen molar-refractivity contribution in [2.24, 2.45) is 0 Å². The third-order valence-corrected chi connectivity index (χ3v) is 3.73. The molecule has 2 rings (SSSR count). The molecule has 0 unspecified atom stereocenters. The lowest BCUT2D eigenvalue weighted by atomic mass is 10.1. The highest BCUT2D eigenvalue weighted by Gasteiger charge is 2.35. The first-order chi connectivity index (χ1) is 8.22. The number of cyclic esters (lactones) is 1. The van der Waals surface area contributed by atoms with Crippen molar-refractivity contribution in [3.8, 4) is 0 Å². The van der Waals surface area contributed by atoms with Crippen molar-refractivity contribution in [3.05, 3.63) is 0 Å². The topological polar surface area (TPSA) is 42.0 Å². The Kier molecular flexibility index (Phi) is 4.36. The Morgan fingerprint density at radius 1 is 1.47 bits per heavy atom. The van der Waals surface area contributed by atoms with Crippen molar-refractivity contribution in [1.82, 2.24) is 9.80 Å². The number of esters is 1. The summed E-state index contributed by atoms with van der Waals surface area (Å²) in [6.07, 6.45) is 0.851. The molecule has 2 atom stereocenters. The highest BCUT2D eigenvalue weighted by atomic mass is 16.5. The second kappa shape index (κ2) is 5.80. The summed E-state index contributed by atoms with van der Waals surface area (Å²) in [5.74, 6) is -0.0393. The smallest absolute Gasteiger partial charge is 0.323 e. The minimum atomic E-state index is -0.0393. The number of carbonyl (C=O) groups is 1. The minimum Gasteiger partial charge on any atom is -0.464 e. The van der Waals surface area contributed by atoms with Gasteiger partial charge >= 0.3 is 5.97 Å². The van der Waals surface area contributed by atoms with E-state index in [0.717, 1.165) is 39.2 Å². The fraction of sp³-hybridized carbons (Fsp3) is 0.917. The zero-order chi connectivity index (χ0) is 12.3. The molecule has 17 heavy (non-hydrogen) atoms. The summed E-state index contributed by atoms with van der Waals surface area (Å²) in [6.45, 7) is 7.45. The van der Waals surface area contributed by atoms with Crippen molar-refractivity contribution in [3.63, 3.8) is 0 Å². The molecule has 0 amide bonds. The van der Waals surface area contributed by atoms with Gasteiger partial charge in [-0.15, -0.1) is 0 Å². The molecule has 0 saturated carbocycles. The maximum Gasteiger partial charge on any atom is 0.323 e. The molecular formula is C12H22N2O3. The SMILES string of the molecule is COCCN1CCN([C@@H]2CCOC2=O)C[C@H]1C. The second-order valence-corrected chi connectivity index (χ2v) is 4.84. The van der Waals surface area contributed by atoms with Crippen molar-refractivity contribution >= 4 is 5.97 Å². The van der Waals surface area contributed by atoms with Crippen LogP contribution in [0.1, 0.15) is 13.3 Å². The monoisotopic (exact) mass is 242 g/mol. The molecule has 0 bridgehead atoms. The van der Waals surface area contributed by atoms with Gasteiger partial charge in [-0.3, -0.25) is 14.6 Å². The molecule has 2 aliphatic rings. The molecule has 2 saturated heterocycles. The van der Waals surface area contributed by atoms with Gasteiger partial charge in [0.25, 0.3) is 0 Å². The van der Waals surface area contributed by atoms with Crippen LogP contribution in [0.4, 0.5) is 0 Å². The largest absolute Gasteiger partial charge is 0.464 e. The molecule has 0 aliphatic carbocycles. The maximum atomic E-state index is 11.5. The van der Waals surface area contributed by atoms with Crippen LogP contribution in [-0.4, -0.2) is 74.4 Å². The van der Waals surface area contributed by atoms with E-state index in [1.54, 1.807) is 7.11 Å². The van der Waals surface area contributed by atoms with Crippen LogP contribution in [0.25, 0.3) is 0 Å². The van der Waals surface area contributed by atoms with Crippen molar-refractivity contribution in [2.75, 3.05) is 46.5 Å². The normalized spacial score (nSPS) is 31.8. The van der Waals surface area contributed by atoms with Gasteiger partial charge in [0.15, 0.2) is 0 Å². The van der Waals surface area contributed by atoms with E-state index in [-0.39, 0.29) is 12.0 Å². The highest BCUT2D eigenvalue weighted by Crippen LogP contribution is 2.18. The zero-order valence-electron chi connectivity index (χ0n) is 10.7. The summed E-state index contributed by atoms with van der Waals surface area (Å²) < 4.78 is 10.1. The summed E-state index contributed by atoms with van der Waals surface area (Å²) in [5.41, 5.74) is 0. The second-order valence-electron chi connectivity index (χ2n) is 4.84. The van der Waals surface area contributed by atoms with Crippen LogP contribution >= 0.6 is 0 Å². The number of ether oxygens (including phenoxy) is 2. The predicted molar refractivity (Wildman–Crippen MR) is 63.8 cm³/mol. The number of nitrogens with zero attached hydrogens (tertiary/aromatic N) is 2. The van der Waals surface area contributed by atoms with Crippen LogP contribution in [0.3, 0.4) is 0 Å². The molecule has 2 fully saturated rings. The first-order valence-electron chi connectivity index (χ1n) is 6.36.